The van der Waals surface area contributed by atoms with Gasteiger partial charge in [0.25, 0.3) is 0 Å². The summed E-state index contributed by atoms with van der Waals surface area (Å²) in [6.07, 6.45) is 6.44. The normalized spacial score (nSPS) is 20.4. The molecule has 2 aliphatic rings. The number of pyridine rings is 1. The van der Waals surface area contributed by atoms with E-state index in [1.807, 2.05) is 24.4 Å². The molecule has 154 valence electrons. The molecule has 0 bridgehead atoms. The molecule has 0 unspecified atom stereocenters. The van der Waals surface area contributed by atoms with E-state index in [1.54, 1.807) is 0 Å². The van der Waals surface area contributed by atoms with E-state index in [4.69, 9.17) is 11.6 Å². The first-order chi connectivity index (χ1) is 13.3. The van der Waals surface area contributed by atoms with Crippen LogP contribution in [0.25, 0.3) is 5.69 Å². The van der Waals surface area contributed by atoms with E-state index < -0.39 is 0 Å². The molecule has 0 radical (unpaired) electrons. The summed E-state index contributed by atoms with van der Waals surface area (Å²) in [5, 5.41) is 13.3. The van der Waals surface area contributed by atoms with Crippen LogP contribution >= 0.6 is 36.4 Å². The summed E-state index contributed by atoms with van der Waals surface area (Å²) in [5.41, 5.74) is 3.58. The molecule has 0 amide bonds. The van der Waals surface area contributed by atoms with Gasteiger partial charge in [0.05, 0.1) is 12.2 Å². The first-order valence-electron chi connectivity index (χ1n) is 9.64. The number of nitrogens with one attached hydrogen (secondary N) is 1. The molecule has 1 N–H and O–H groups in total. The lowest BCUT2D eigenvalue weighted by Gasteiger charge is -2.28. The number of rotatable bonds is 2. The maximum atomic E-state index is 6.22. The minimum Gasteiger partial charge on any atom is -0.306 e. The van der Waals surface area contributed by atoms with Crippen LogP contribution in [0.4, 0.5) is 0 Å². The zero-order valence-corrected chi connectivity index (χ0v) is 18.3. The van der Waals surface area contributed by atoms with Crippen LogP contribution in [0.3, 0.4) is 0 Å². The summed E-state index contributed by atoms with van der Waals surface area (Å²) in [6.45, 7) is 1.52. The second-order valence-corrected chi connectivity index (χ2v) is 7.93. The van der Waals surface area contributed by atoms with Crippen LogP contribution in [0.1, 0.15) is 60.4 Å². The zero-order valence-electron chi connectivity index (χ0n) is 15.9. The Morgan fingerprint density at radius 1 is 0.931 bits per heavy atom. The van der Waals surface area contributed by atoms with E-state index in [0.717, 1.165) is 61.1 Å². The molecule has 29 heavy (non-hydrogen) atoms. The molecular formula is C21H24Cl3N5. The van der Waals surface area contributed by atoms with Crippen LogP contribution in [0.15, 0.2) is 42.6 Å². The van der Waals surface area contributed by atoms with Crippen LogP contribution in [-0.2, 0) is 13.1 Å². The molecule has 2 aromatic heterocycles. The molecule has 1 aliphatic heterocycles. The molecule has 0 spiro atoms. The van der Waals surface area contributed by atoms with Crippen molar-refractivity contribution < 1.29 is 0 Å². The molecular weight excluding hydrogens is 429 g/mol. The molecule has 0 saturated heterocycles. The van der Waals surface area contributed by atoms with Gasteiger partial charge in [-0.15, -0.1) is 35.0 Å². The number of aromatic nitrogens is 4. The Morgan fingerprint density at radius 3 is 2.48 bits per heavy atom. The van der Waals surface area contributed by atoms with Crippen molar-refractivity contribution in [2.45, 2.75) is 50.6 Å². The van der Waals surface area contributed by atoms with Crippen LogP contribution in [-0.4, -0.2) is 19.7 Å². The average Bonchev–Trinajstić information content (AvgIpc) is 3.04. The predicted molar refractivity (Wildman–Crippen MR) is 120 cm³/mol. The average molecular weight is 453 g/mol. The highest BCUT2D eigenvalue weighted by molar-refractivity contribution is 6.30. The Labute approximate surface area is 188 Å². The fourth-order valence-electron chi connectivity index (χ4n) is 4.46. The van der Waals surface area contributed by atoms with Crippen LogP contribution in [0, 0.1) is 0 Å². The smallest absolute Gasteiger partial charge is 0.151 e. The Balaban J connectivity index is 0.00000120. The van der Waals surface area contributed by atoms with Crippen molar-refractivity contribution in [2.24, 2.45) is 0 Å². The van der Waals surface area contributed by atoms with Crippen molar-refractivity contribution in [1.82, 2.24) is 25.1 Å². The van der Waals surface area contributed by atoms with Crippen molar-refractivity contribution in [1.29, 1.82) is 0 Å². The number of fused-ring (bicyclic) bond motifs is 3. The van der Waals surface area contributed by atoms with Crippen molar-refractivity contribution in [2.75, 3.05) is 0 Å². The molecule has 1 aromatic carbocycles. The molecule has 3 heterocycles. The summed E-state index contributed by atoms with van der Waals surface area (Å²) < 4.78 is 2.26. The number of benzene rings is 1. The molecule has 1 aliphatic carbocycles. The van der Waals surface area contributed by atoms with Gasteiger partial charge in [0.1, 0.15) is 5.82 Å². The lowest BCUT2D eigenvalue weighted by Crippen LogP contribution is -2.17. The van der Waals surface area contributed by atoms with Crippen LogP contribution < -0.4 is 5.32 Å². The number of halogens is 3. The van der Waals surface area contributed by atoms with E-state index >= 15 is 0 Å². The minimum absolute atomic E-state index is 0. The highest BCUT2D eigenvalue weighted by Gasteiger charge is 2.30. The third-order valence-corrected chi connectivity index (χ3v) is 6.07. The Bertz CT molecular complexity index is 952. The largest absolute Gasteiger partial charge is 0.306 e. The topological polar surface area (TPSA) is 55.6 Å². The molecule has 1 saturated carbocycles. The van der Waals surface area contributed by atoms with Crippen LogP contribution in [0.2, 0.25) is 5.02 Å². The van der Waals surface area contributed by atoms with Gasteiger partial charge in [0.2, 0.25) is 0 Å². The van der Waals surface area contributed by atoms with Gasteiger partial charge < -0.3 is 5.32 Å². The quantitative estimate of drug-likeness (QED) is 0.580. The Hall–Kier alpha value is -1.66. The van der Waals surface area contributed by atoms with Gasteiger partial charge in [-0.1, -0.05) is 17.7 Å². The summed E-state index contributed by atoms with van der Waals surface area (Å²) >= 11 is 6.22. The highest BCUT2D eigenvalue weighted by Crippen LogP contribution is 2.40. The van der Waals surface area contributed by atoms with Crippen molar-refractivity contribution in [3.63, 3.8) is 0 Å². The van der Waals surface area contributed by atoms with Crippen molar-refractivity contribution in [3.8, 4) is 5.69 Å². The maximum Gasteiger partial charge on any atom is 0.151 e. The second kappa shape index (κ2) is 9.43. The van der Waals surface area contributed by atoms with E-state index in [-0.39, 0.29) is 24.8 Å². The molecule has 8 heteroatoms. The first-order valence-corrected chi connectivity index (χ1v) is 10.0. The fraction of sp³-hybridized carbons (Fsp3) is 0.381. The maximum absolute atomic E-state index is 6.22. The Kier molecular flexibility index (Phi) is 7.17. The highest BCUT2D eigenvalue weighted by atomic mass is 35.5. The second-order valence-electron chi connectivity index (χ2n) is 7.49. The first kappa shape index (κ1) is 22.0. The van der Waals surface area contributed by atoms with E-state index in [0.29, 0.717) is 11.8 Å². The van der Waals surface area contributed by atoms with E-state index in [1.165, 1.54) is 11.3 Å². The molecule has 0 atom stereocenters. The molecule has 3 aromatic rings. The van der Waals surface area contributed by atoms with Gasteiger partial charge in [0, 0.05) is 35.3 Å². The van der Waals surface area contributed by atoms with Gasteiger partial charge in [-0.25, -0.2) is 0 Å². The monoisotopic (exact) mass is 451 g/mol. The van der Waals surface area contributed by atoms with E-state index in [2.05, 4.69) is 43.3 Å². The summed E-state index contributed by atoms with van der Waals surface area (Å²) in [6, 6.07) is 12.3. The summed E-state index contributed by atoms with van der Waals surface area (Å²) in [5.74, 6) is 3.07. The van der Waals surface area contributed by atoms with Gasteiger partial charge >= 0.3 is 0 Å². The van der Waals surface area contributed by atoms with Gasteiger partial charge in [-0.3, -0.25) is 9.55 Å². The number of hydrogen-bond acceptors (Lipinski definition) is 4. The molecule has 5 rings (SSSR count). The lowest BCUT2D eigenvalue weighted by atomic mass is 9.80. The number of nitrogens with zero attached hydrogens (tertiary/aromatic N) is 4. The van der Waals surface area contributed by atoms with E-state index in [9.17, 15) is 0 Å². The third kappa shape index (κ3) is 4.29. The Morgan fingerprint density at radius 2 is 1.72 bits per heavy atom. The third-order valence-electron chi connectivity index (χ3n) is 5.83. The fourth-order valence-corrected chi connectivity index (χ4v) is 4.65. The van der Waals surface area contributed by atoms with Crippen LogP contribution in [0.5, 0.6) is 0 Å². The van der Waals surface area contributed by atoms with Crippen molar-refractivity contribution >= 4 is 36.4 Å². The lowest BCUT2D eigenvalue weighted by molar-refractivity contribution is 0.377. The van der Waals surface area contributed by atoms with Crippen molar-refractivity contribution in [3.05, 3.63) is 70.5 Å². The number of hydrogen-bond donors (Lipinski definition) is 1. The van der Waals surface area contributed by atoms with Gasteiger partial charge in [0.15, 0.2) is 5.82 Å². The van der Waals surface area contributed by atoms with Gasteiger partial charge in [-0.2, -0.15) is 0 Å². The zero-order chi connectivity index (χ0) is 18.2. The SMILES string of the molecule is Cl.Cl.Clc1ccc2c(c1)CNCc1nnc(C3CCC(c4ccccn4)CC3)n1-2. The molecule has 5 nitrogen and oxygen atoms in total. The minimum atomic E-state index is 0. The standard InChI is InChI=1S/C21H22ClN5.2ClH/c22-17-8-9-19-16(11-17)12-23-13-20-25-26-21(27(19)20)15-6-4-14(5-7-15)18-3-1-2-10-24-18;;/h1-3,8-11,14-15,23H,4-7,12-13H2;2*1H. The predicted octanol–water partition coefficient (Wildman–Crippen LogP) is 5.20. The molecule has 1 fully saturated rings. The summed E-state index contributed by atoms with van der Waals surface area (Å²) in [4.78, 5) is 4.56. The summed E-state index contributed by atoms with van der Waals surface area (Å²) in [7, 11) is 0. The van der Waals surface area contributed by atoms with Gasteiger partial charge in [-0.05, 0) is 61.6 Å².